The topological polar surface area (TPSA) is 26.0 Å². The molecule has 0 amide bonds. The van der Waals surface area contributed by atoms with E-state index in [1.54, 1.807) is 0 Å². The van der Waals surface area contributed by atoms with Gasteiger partial charge in [0.1, 0.15) is 0 Å². The first-order chi connectivity index (χ1) is 3.68. The summed E-state index contributed by atoms with van der Waals surface area (Å²) in [6, 6.07) is 0.0891. The Labute approximate surface area is 50.9 Å². The number of hydrogen-bond acceptors (Lipinski definition) is 1. The molecule has 0 saturated heterocycles. The van der Waals surface area contributed by atoms with Crippen LogP contribution in [0.5, 0.6) is 0 Å². The molecule has 0 aromatic carbocycles. The van der Waals surface area contributed by atoms with Crippen LogP contribution in [0.2, 0.25) is 0 Å². The minimum atomic E-state index is 0.0891. The van der Waals surface area contributed by atoms with Gasteiger partial charge >= 0.3 is 0 Å². The smallest absolute Gasteiger partial charge is 0.0260 e. The third-order valence-corrected chi connectivity index (χ3v) is 0.966. The fourth-order valence-electron chi connectivity index (χ4n) is 0.366. The molecule has 0 bridgehead atoms. The molecule has 1 nitrogen and oxygen atoms in total. The lowest BCUT2D eigenvalue weighted by Gasteiger charge is -2.01. The van der Waals surface area contributed by atoms with E-state index < -0.39 is 0 Å². The van der Waals surface area contributed by atoms with Crippen molar-refractivity contribution in [3.8, 4) is 0 Å². The van der Waals surface area contributed by atoms with Gasteiger partial charge in [-0.1, -0.05) is 18.7 Å². The van der Waals surface area contributed by atoms with Crippen molar-refractivity contribution in [2.24, 2.45) is 5.73 Å². The van der Waals surface area contributed by atoms with Crippen molar-refractivity contribution in [2.45, 2.75) is 19.9 Å². The van der Waals surface area contributed by atoms with Crippen LogP contribution in [-0.4, -0.2) is 6.04 Å². The van der Waals surface area contributed by atoms with Crippen LogP contribution < -0.4 is 5.73 Å². The Balaban J connectivity index is 3.66. The van der Waals surface area contributed by atoms with Crippen molar-refractivity contribution in [3.05, 3.63) is 24.3 Å². The van der Waals surface area contributed by atoms with Gasteiger partial charge in [0.25, 0.3) is 0 Å². The van der Waals surface area contributed by atoms with Gasteiger partial charge < -0.3 is 5.73 Å². The predicted molar refractivity (Wildman–Crippen MR) is 37.6 cm³/mol. The molecule has 0 aliphatic carbocycles. The van der Waals surface area contributed by atoms with Crippen molar-refractivity contribution in [2.75, 3.05) is 0 Å². The molecule has 0 radical (unpaired) electrons. The molecule has 0 aliphatic rings. The molecule has 2 N–H and O–H groups in total. The standard InChI is InChI=1S/C7H13N/c1-4-5-6(2)7(3)8/h4-5,7H,2,8H2,1,3H3/b5-4-. The molecule has 0 fully saturated rings. The zero-order valence-corrected chi connectivity index (χ0v) is 5.52. The van der Waals surface area contributed by atoms with Crippen LogP contribution in [-0.2, 0) is 0 Å². The molecule has 8 heavy (non-hydrogen) atoms. The molecule has 1 heteroatoms. The maximum atomic E-state index is 5.47. The van der Waals surface area contributed by atoms with Crippen molar-refractivity contribution in [1.29, 1.82) is 0 Å². The van der Waals surface area contributed by atoms with Crippen molar-refractivity contribution < 1.29 is 0 Å². The Morgan fingerprint density at radius 1 is 1.75 bits per heavy atom. The lowest BCUT2D eigenvalue weighted by atomic mass is 10.1. The summed E-state index contributed by atoms with van der Waals surface area (Å²) in [6.45, 7) is 7.60. The van der Waals surface area contributed by atoms with E-state index in [1.165, 1.54) is 0 Å². The first-order valence-electron chi connectivity index (χ1n) is 2.75. The maximum absolute atomic E-state index is 5.47. The quantitative estimate of drug-likeness (QED) is 0.536. The van der Waals surface area contributed by atoms with Crippen molar-refractivity contribution >= 4 is 0 Å². The first-order valence-corrected chi connectivity index (χ1v) is 2.75. The van der Waals surface area contributed by atoms with E-state index in [-0.39, 0.29) is 6.04 Å². The summed E-state index contributed by atoms with van der Waals surface area (Å²) in [5, 5.41) is 0. The van der Waals surface area contributed by atoms with E-state index in [0.717, 1.165) is 5.57 Å². The maximum Gasteiger partial charge on any atom is 0.0260 e. The Morgan fingerprint density at radius 2 is 2.25 bits per heavy atom. The van der Waals surface area contributed by atoms with Crippen LogP contribution >= 0.6 is 0 Å². The van der Waals surface area contributed by atoms with Gasteiger partial charge in [-0.2, -0.15) is 0 Å². The molecule has 0 saturated carbocycles. The minimum Gasteiger partial charge on any atom is -0.324 e. The summed E-state index contributed by atoms with van der Waals surface area (Å²) in [5.41, 5.74) is 6.45. The van der Waals surface area contributed by atoms with Crippen molar-refractivity contribution in [3.63, 3.8) is 0 Å². The largest absolute Gasteiger partial charge is 0.324 e. The highest BCUT2D eigenvalue weighted by molar-refractivity contribution is 5.18. The van der Waals surface area contributed by atoms with Crippen LogP contribution in [0.15, 0.2) is 24.3 Å². The molecule has 0 aromatic rings. The number of allylic oxidation sites excluding steroid dienone is 1. The van der Waals surface area contributed by atoms with Crippen LogP contribution in [0.25, 0.3) is 0 Å². The normalized spacial score (nSPS) is 14.4. The van der Waals surface area contributed by atoms with Crippen LogP contribution in [0.3, 0.4) is 0 Å². The van der Waals surface area contributed by atoms with Gasteiger partial charge in [-0.15, -0.1) is 0 Å². The second-order valence-electron chi connectivity index (χ2n) is 1.86. The summed E-state index contributed by atoms with van der Waals surface area (Å²) >= 11 is 0. The fraction of sp³-hybridized carbons (Fsp3) is 0.429. The molecule has 0 aliphatic heterocycles. The van der Waals surface area contributed by atoms with Gasteiger partial charge in [0.05, 0.1) is 0 Å². The van der Waals surface area contributed by atoms with Gasteiger partial charge in [0, 0.05) is 6.04 Å². The monoisotopic (exact) mass is 111 g/mol. The van der Waals surface area contributed by atoms with Crippen LogP contribution in [0, 0.1) is 0 Å². The van der Waals surface area contributed by atoms with Gasteiger partial charge in [-0.3, -0.25) is 0 Å². The molecule has 0 heterocycles. The summed E-state index contributed by atoms with van der Waals surface area (Å²) in [4.78, 5) is 0. The van der Waals surface area contributed by atoms with E-state index in [0.29, 0.717) is 0 Å². The number of nitrogens with two attached hydrogens (primary N) is 1. The molecule has 0 aromatic heterocycles. The Hall–Kier alpha value is -0.560. The Kier molecular flexibility index (Phi) is 3.20. The average molecular weight is 111 g/mol. The molecular weight excluding hydrogens is 98.1 g/mol. The Bertz CT molecular complexity index is 101. The van der Waals surface area contributed by atoms with E-state index in [1.807, 2.05) is 26.0 Å². The third-order valence-electron chi connectivity index (χ3n) is 0.966. The summed E-state index contributed by atoms with van der Waals surface area (Å²) in [7, 11) is 0. The summed E-state index contributed by atoms with van der Waals surface area (Å²) in [5.74, 6) is 0. The minimum absolute atomic E-state index is 0.0891. The third kappa shape index (κ3) is 2.59. The highest BCUT2D eigenvalue weighted by Gasteiger charge is 1.91. The summed E-state index contributed by atoms with van der Waals surface area (Å²) in [6.07, 6.45) is 3.86. The fourth-order valence-corrected chi connectivity index (χ4v) is 0.366. The van der Waals surface area contributed by atoms with Gasteiger partial charge in [0.2, 0.25) is 0 Å². The predicted octanol–water partition coefficient (Wildman–Crippen LogP) is 1.47. The number of hydrogen-bond donors (Lipinski definition) is 1. The van der Waals surface area contributed by atoms with Crippen LogP contribution in [0.1, 0.15) is 13.8 Å². The number of rotatable bonds is 2. The molecule has 46 valence electrons. The van der Waals surface area contributed by atoms with Crippen LogP contribution in [0.4, 0.5) is 0 Å². The van der Waals surface area contributed by atoms with E-state index >= 15 is 0 Å². The molecule has 0 rings (SSSR count). The lowest BCUT2D eigenvalue weighted by molar-refractivity contribution is 0.889. The van der Waals surface area contributed by atoms with Crippen molar-refractivity contribution in [1.82, 2.24) is 0 Å². The molecule has 1 unspecified atom stereocenters. The average Bonchev–Trinajstić information content (AvgIpc) is 1.67. The zero-order valence-electron chi connectivity index (χ0n) is 5.52. The molecule has 0 spiro atoms. The van der Waals surface area contributed by atoms with Gasteiger partial charge in [0.15, 0.2) is 0 Å². The second kappa shape index (κ2) is 3.44. The first kappa shape index (κ1) is 7.44. The Morgan fingerprint density at radius 3 is 2.38 bits per heavy atom. The van der Waals surface area contributed by atoms with E-state index in [9.17, 15) is 0 Å². The zero-order chi connectivity index (χ0) is 6.57. The second-order valence-corrected chi connectivity index (χ2v) is 1.86. The highest BCUT2D eigenvalue weighted by atomic mass is 14.6. The molecular formula is C7H13N. The van der Waals surface area contributed by atoms with E-state index in [2.05, 4.69) is 6.58 Å². The SMILES string of the molecule is C=C(/C=C\C)C(C)N. The van der Waals surface area contributed by atoms with Gasteiger partial charge in [-0.05, 0) is 19.4 Å². The lowest BCUT2D eigenvalue weighted by Crippen LogP contribution is -2.15. The van der Waals surface area contributed by atoms with Gasteiger partial charge in [-0.25, -0.2) is 0 Å². The molecule has 1 atom stereocenters. The highest BCUT2D eigenvalue weighted by Crippen LogP contribution is 1.95. The van der Waals surface area contributed by atoms with E-state index in [4.69, 9.17) is 5.73 Å². The summed E-state index contributed by atoms with van der Waals surface area (Å²) < 4.78 is 0.